The van der Waals surface area contributed by atoms with Gasteiger partial charge in [-0.1, -0.05) is 72.3 Å². The number of esters is 1. The Hall–Kier alpha value is -4.22. The van der Waals surface area contributed by atoms with Crippen molar-refractivity contribution in [3.05, 3.63) is 113 Å². The van der Waals surface area contributed by atoms with Crippen LogP contribution in [0.5, 0.6) is 0 Å². The number of Topliss-reactive ketones (excluding diaryl/α,β-unsaturated/α-hetero) is 1. The van der Waals surface area contributed by atoms with Crippen LogP contribution >= 0.6 is 11.6 Å². The maximum Gasteiger partial charge on any atom is 0.305 e. The number of methoxy groups -OCH3 is 1. The first-order valence-electron chi connectivity index (χ1n) is 12.0. The van der Waals surface area contributed by atoms with Crippen LogP contribution in [-0.2, 0) is 16.1 Å². The van der Waals surface area contributed by atoms with Crippen molar-refractivity contribution in [3.63, 3.8) is 0 Å². The maximum absolute atomic E-state index is 13.1. The molecule has 0 radical (unpaired) electrons. The van der Waals surface area contributed by atoms with Crippen molar-refractivity contribution in [2.24, 2.45) is 0 Å². The minimum atomic E-state index is -0.409. The third-order valence-corrected chi connectivity index (χ3v) is 6.54. The highest BCUT2D eigenvalue weighted by atomic mass is 35.5. The molecule has 0 unspecified atom stereocenters. The minimum absolute atomic E-state index is 0.0355. The highest BCUT2D eigenvalue weighted by Gasteiger charge is 2.18. The topological polar surface area (TPSA) is 61.2 Å². The highest BCUT2D eigenvalue weighted by Crippen LogP contribution is 2.29. The lowest BCUT2D eigenvalue weighted by atomic mass is 10.0. The van der Waals surface area contributed by atoms with Gasteiger partial charge in [-0.2, -0.15) is 0 Å². The van der Waals surface area contributed by atoms with Crippen LogP contribution in [0, 0.1) is 0 Å². The highest BCUT2D eigenvalue weighted by molar-refractivity contribution is 6.31. The van der Waals surface area contributed by atoms with E-state index in [4.69, 9.17) is 21.3 Å². The summed E-state index contributed by atoms with van der Waals surface area (Å²) >= 11 is 6.29. The number of halogens is 1. The Labute approximate surface area is 220 Å². The fourth-order valence-corrected chi connectivity index (χ4v) is 4.64. The number of ketones is 1. The first kappa shape index (κ1) is 24.5. The predicted octanol–water partition coefficient (Wildman–Crippen LogP) is 7.21. The summed E-state index contributed by atoms with van der Waals surface area (Å²) in [5.74, 6) is -0.533. The molecule has 5 rings (SSSR count). The van der Waals surface area contributed by atoms with Crippen LogP contribution in [0.25, 0.3) is 33.4 Å². The van der Waals surface area contributed by atoms with E-state index in [0.717, 1.165) is 39.0 Å². The van der Waals surface area contributed by atoms with Gasteiger partial charge in [0.25, 0.3) is 0 Å². The number of hydrogen-bond donors (Lipinski definition) is 0. The smallest absolute Gasteiger partial charge is 0.305 e. The summed E-state index contributed by atoms with van der Waals surface area (Å²) in [7, 11) is 1.32. The second kappa shape index (κ2) is 10.8. The average molecular weight is 509 g/mol. The summed E-state index contributed by atoms with van der Waals surface area (Å²) in [6.07, 6.45) is 1.96. The summed E-state index contributed by atoms with van der Waals surface area (Å²) in [4.78, 5) is 29.6. The molecule has 0 saturated heterocycles. The van der Waals surface area contributed by atoms with E-state index in [1.807, 2.05) is 79.0 Å². The standard InChI is InChI=1S/C31H25ClN2O3/c1-37-31(36)15-14-30(35)26-20-34(29-13-12-24(32)18-25(26)29)19-21-16-27(22-8-4-2-5-9-22)33-28(17-21)23-10-6-3-7-11-23/h2-13,16-18,20H,14-15,19H2,1H3. The number of aromatic nitrogens is 2. The molecule has 0 saturated carbocycles. The molecule has 184 valence electrons. The molecule has 0 aliphatic heterocycles. The lowest BCUT2D eigenvalue weighted by molar-refractivity contribution is -0.140. The Bertz CT molecular complexity index is 1520. The molecule has 0 amide bonds. The Morgan fingerprint density at radius 1 is 0.838 bits per heavy atom. The summed E-state index contributed by atoms with van der Waals surface area (Å²) in [5, 5.41) is 1.32. The molecule has 3 aromatic carbocycles. The number of pyridine rings is 1. The summed E-state index contributed by atoms with van der Waals surface area (Å²) < 4.78 is 6.75. The normalized spacial score (nSPS) is 11.0. The number of carbonyl (C=O) groups excluding carboxylic acids is 2. The SMILES string of the molecule is COC(=O)CCC(=O)c1cn(Cc2cc(-c3ccccc3)nc(-c3ccccc3)c2)c2ccc(Cl)cc12. The lowest BCUT2D eigenvalue weighted by Crippen LogP contribution is -2.06. The molecule has 6 heteroatoms. The fourth-order valence-electron chi connectivity index (χ4n) is 4.46. The molecule has 2 aromatic heterocycles. The maximum atomic E-state index is 13.1. The van der Waals surface area contributed by atoms with Crippen LogP contribution in [0.15, 0.2) is 97.2 Å². The molecular formula is C31H25ClN2O3. The molecule has 0 atom stereocenters. The Morgan fingerprint density at radius 2 is 1.46 bits per heavy atom. The zero-order valence-corrected chi connectivity index (χ0v) is 21.1. The van der Waals surface area contributed by atoms with Crippen molar-refractivity contribution in [2.75, 3.05) is 7.11 Å². The van der Waals surface area contributed by atoms with E-state index in [9.17, 15) is 9.59 Å². The van der Waals surface area contributed by atoms with E-state index in [1.165, 1.54) is 7.11 Å². The van der Waals surface area contributed by atoms with Crippen molar-refractivity contribution in [1.29, 1.82) is 0 Å². The quantitative estimate of drug-likeness (QED) is 0.164. The van der Waals surface area contributed by atoms with Gasteiger partial charge in [0.1, 0.15) is 0 Å². The first-order valence-corrected chi connectivity index (χ1v) is 12.4. The molecule has 5 nitrogen and oxygen atoms in total. The molecule has 2 heterocycles. The monoisotopic (exact) mass is 508 g/mol. The summed E-state index contributed by atoms with van der Waals surface area (Å²) in [6, 6.07) is 29.9. The Kier molecular flexibility index (Phi) is 7.15. The van der Waals surface area contributed by atoms with Gasteiger partial charge in [-0.05, 0) is 35.9 Å². The molecule has 0 spiro atoms. The molecule has 0 aliphatic carbocycles. The first-order chi connectivity index (χ1) is 18.0. The van der Waals surface area contributed by atoms with E-state index >= 15 is 0 Å². The number of fused-ring (bicyclic) bond motifs is 1. The largest absolute Gasteiger partial charge is 0.469 e. The van der Waals surface area contributed by atoms with Gasteiger partial charge in [0.05, 0.1) is 24.9 Å². The number of nitrogens with zero attached hydrogens (tertiary/aromatic N) is 2. The van der Waals surface area contributed by atoms with E-state index in [1.54, 1.807) is 6.07 Å². The van der Waals surface area contributed by atoms with Gasteiger partial charge in [-0.15, -0.1) is 0 Å². The molecule has 0 fully saturated rings. The van der Waals surface area contributed by atoms with Gasteiger partial charge >= 0.3 is 5.97 Å². The molecule has 37 heavy (non-hydrogen) atoms. The van der Waals surface area contributed by atoms with Gasteiger partial charge < -0.3 is 9.30 Å². The number of carbonyl (C=O) groups is 2. The van der Waals surface area contributed by atoms with Gasteiger partial charge in [-0.3, -0.25) is 9.59 Å². The van der Waals surface area contributed by atoms with Gasteiger partial charge in [-0.25, -0.2) is 4.98 Å². The van der Waals surface area contributed by atoms with E-state index in [-0.39, 0.29) is 18.6 Å². The van der Waals surface area contributed by atoms with E-state index in [2.05, 4.69) is 16.7 Å². The third-order valence-electron chi connectivity index (χ3n) is 6.30. The molecule has 0 aliphatic rings. The number of ether oxygens (including phenoxy) is 1. The van der Waals surface area contributed by atoms with E-state index in [0.29, 0.717) is 17.1 Å². The summed E-state index contributed by atoms with van der Waals surface area (Å²) in [5.41, 5.74) is 6.31. The predicted molar refractivity (Wildman–Crippen MR) is 147 cm³/mol. The van der Waals surface area contributed by atoms with E-state index < -0.39 is 5.97 Å². The fraction of sp³-hybridized carbons (Fsp3) is 0.129. The van der Waals surface area contributed by atoms with Crippen LogP contribution < -0.4 is 0 Å². The Balaban J connectivity index is 1.57. The van der Waals surface area contributed by atoms with Gasteiger partial charge in [0.2, 0.25) is 0 Å². The second-order valence-electron chi connectivity index (χ2n) is 8.81. The van der Waals surface area contributed by atoms with Crippen LogP contribution in [0.1, 0.15) is 28.8 Å². The van der Waals surface area contributed by atoms with Crippen molar-refractivity contribution < 1.29 is 14.3 Å². The molecule has 5 aromatic rings. The molecule has 0 bridgehead atoms. The Morgan fingerprint density at radius 3 is 2.05 bits per heavy atom. The second-order valence-corrected chi connectivity index (χ2v) is 9.25. The molecule has 0 N–H and O–H groups in total. The lowest BCUT2D eigenvalue weighted by Gasteiger charge is -2.11. The van der Waals surface area contributed by atoms with Gasteiger partial charge in [0, 0.05) is 51.8 Å². The third kappa shape index (κ3) is 5.47. The number of benzene rings is 3. The average Bonchev–Trinajstić information content (AvgIpc) is 3.29. The van der Waals surface area contributed by atoms with Crippen molar-refractivity contribution in [2.45, 2.75) is 19.4 Å². The number of rotatable bonds is 8. The molecular weight excluding hydrogens is 484 g/mol. The van der Waals surface area contributed by atoms with Crippen LogP contribution in [0.2, 0.25) is 5.02 Å². The summed E-state index contributed by atoms with van der Waals surface area (Å²) in [6.45, 7) is 0.532. The van der Waals surface area contributed by atoms with Crippen molar-refractivity contribution in [1.82, 2.24) is 9.55 Å². The van der Waals surface area contributed by atoms with Crippen LogP contribution in [0.3, 0.4) is 0 Å². The van der Waals surface area contributed by atoms with Crippen molar-refractivity contribution >= 4 is 34.3 Å². The zero-order valence-electron chi connectivity index (χ0n) is 20.4. The van der Waals surface area contributed by atoms with Crippen LogP contribution in [-0.4, -0.2) is 28.4 Å². The minimum Gasteiger partial charge on any atom is -0.469 e. The number of hydrogen-bond acceptors (Lipinski definition) is 4. The van der Waals surface area contributed by atoms with Crippen LogP contribution in [0.4, 0.5) is 0 Å². The van der Waals surface area contributed by atoms with Crippen molar-refractivity contribution in [3.8, 4) is 22.5 Å². The van der Waals surface area contributed by atoms with Gasteiger partial charge in [0.15, 0.2) is 5.78 Å². The zero-order chi connectivity index (χ0) is 25.8.